The van der Waals surface area contributed by atoms with Gasteiger partial charge in [0.2, 0.25) is 23.5 Å². The van der Waals surface area contributed by atoms with Crippen molar-refractivity contribution in [3.05, 3.63) is 228 Å². The summed E-state index contributed by atoms with van der Waals surface area (Å²) in [5, 5.41) is 7.44. The molecular formula is C89H82F8N18O9. The molecule has 0 bridgehead atoms. The summed E-state index contributed by atoms with van der Waals surface area (Å²) in [6.07, 6.45) is 16.4. The van der Waals surface area contributed by atoms with Crippen molar-refractivity contribution in [3.8, 4) is 75.1 Å². The first-order valence-corrected chi connectivity index (χ1v) is 39.4. The van der Waals surface area contributed by atoms with Gasteiger partial charge in [-0.15, -0.1) is 0 Å². The van der Waals surface area contributed by atoms with Crippen LogP contribution in [0.25, 0.3) is 50.3 Å². The average molecular weight is 1700 g/mol. The molecule has 12 heterocycles. The minimum atomic E-state index is -3.12. The zero-order valence-corrected chi connectivity index (χ0v) is 68.3. The fourth-order valence-corrected chi connectivity index (χ4v) is 14.6. The first kappa shape index (κ1) is 87.3. The highest BCUT2D eigenvalue weighted by atomic mass is 19.3. The number of benzene rings is 3. The number of hydrogen-bond donors (Lipinski definition) is 3. The van der Waals surface area contributed by atoms with Gasteiger partial charge in [0.1, 0.15) is 57.9 Å². The molecule has 3 fully saturated rings. The van der Waals surface area contributed by atoms with Crippen LogP contribution in [-0.2, 0) is 32.2 Å². The molecule has 3 aliphatic heterocycles. The Bertz CT molecular complexity index is 6240. The normalized spacial score (nSPS) is 15.0. The van der Waals surface area contributed by atoms with Gasteiger partial charge in [-0.2, -0.15) is 0 Å². The Balaban J connectivity index is 0.000000160. The molecule has 0 radical (unpaired) electrons. The Morgan fingerprint density at radius 1 is 0.460 bits per heavy atom. The Labute approximate surface area is 705 Å². The highest BCUT2D eigenvalue weighted by molar-refractivity contribution is 6.06. The monoisotopic (exact) mass is 1700 g/mol. The molecular weight excluding hydrogens is 1620 g/mol. The van der Waals surface area contributed by atoms with Crippen LogP contribution in [0, 0.1) is 35.3 Å². The van der Waals surface area contributed by atoms with E-state index in [0.29, 0.717) is 135 Å². The molecule has 6 amide bonds. The lowest BCUT2D eigenvalue weighted by molar-refractivity contribution is -0.125. The molecule has 0 spiro atoms. The number of hydrogen-bond acceptors (Lipinski definition) is 18. The van der Waals surface area contributed by atoms with E-state index < -0.39 is 47.1 Å². The largest absolute Gasteiger partial charge is 0.478 e. The van der Waals surface area contributed by atoms with Crippen molar-refractivity contribution < 1.29 is 78.1 Å². The number of nitrogens with zero attached hydrogens (tertiary/aromatic N) is 15. The lowest BCUT2D eigenvalue weighted by Crippen LogP contribution is -2.27. The van der Waals surface area contributed by atoms with Crippen LogP contribution in [0.5, 0.6) is 17.6 Å². The minimum Gasteiger partial charge on any atom is -0.478 e. The summed E-state index contributed by atoms with van der Waals surface area (Å²) in [5.74, 6) is 0.00817. The van der Waals surface area contributed by atoms with Crippen LogP contribution < -0.4 is 30.2 Å². The molecule has 0 unspecified atom stereocenters. The van der Waals surface area contributed by atoms with E-state index in [9.17, 15) is 55.1 Å². The molecule has 3 N–H and O–H groups in total. The number of nitrogens with one attached hydrogen (secondary N) is 3. The van der Waals surface area contributed by atoms with E-state index in [-0.39, 0.29) is 91.9 Å². The molecule has 27 nitrogen and oxygen atoms in total. The molecule has 0 saturated carbocycles. The summed E-state index contributed by atoms with van der Waals surface area (Å²) >= 11 is 0. The van der Waals surface area contributed by atoms with Crippen molar-refractivity contribution in [2.75, 3.05) is 75.0 Å². The number of carbonyl (C=O) groups is 6. The highest BCUT2D eigenvalue weighted by Crippen LogP contribution is 2.41. The fourth-order valence-electron chi connectivity index (χ4n) is 14.6. The summed E-state index contributed by atoms with van der Waals surface area (Å²) in [6.45, 7) is 18.7. The minimum absolute atomic E-state index is 0.0337. The number of alkyl halides is 6. The van der Waals surface area contributed by atoms with Crippen LogP contribution in [0.4, 0.5) is 52.6 Å². The molecule has 12 aromatic rings. The van der Waals surface area contributed by atoms with Crippen molar-refractivity contribution in [1.82, 2.24) is 72.8 Å². The van der Waals surface area contributed by atoms with E-state index in [1.54, 1.807) is 98.8 Å². The Kier molecular flexibility index (Phi) is 26.2. The lowest BCUT2D eigenvalue weighted by atomic mass is 10.1. The van der Waals surface area contributed by atoms with E-state index in [4.69, 9.17) is 29.2 Å². The van der Waals surface area contributed by atoms with Gasteiger partial charge in [-0.05, 0) is 157 Å². The zero-order valence-electron chi connectivity index (χ0n) is 68.3. The first-order valence-electron chi connectivity index (χ1n) is 39.4. The summed E-state index contributed by atoms with van der Waals surface area (Å²) in [6, 6.07) is 21.4. The molecule has 124 heavy (non-hydrogen) atoms. The number of rotatable bonds is 22. The van der Waals surface area contributed by atoms with Gasteiger partial charge in [0.15, 0.2) is 0 Å². The third-order valence-electron chi connectivity index (χ3n) is 20.6. The van der Waals surface area contributed by atoms with Crippen molar-refractivity contribution in [1.29, 1.82) is 0 Å². The number of fused-ring (bicyclic) bond motifs is 3. The van der Waals surface area contributed by atoms with Gasteiger partial charge in [-0.1, -0.05) is 30.6 Å². The Hall–Kier alpha value is -14.5. The molecule has 0 aliphatic carbocycles. The number of imidazole rings is 3. The maximum Gasteiger partial charge on any atom is 0.298 e. The number of ether oxygens (including phenoxy) is 3. The fraction of sp³-hybridized carbons (Fsp3) is 0.292. The molecule has 3 atom stereocenters. The maximum absolute atomic E-state index is 15.6. The maximum atomic E-state index is 15.6. The summed E-state index contributed by atoms with van der Waals surface area (Å²) in [5.41, 5.74) is 3.33. The number of pyridine rings is 3. The average Bonchev–Trinajstić information content (AvgIpc) is 1.61. The van der Waals surface area contributed by atoms with Gasteiger partial charge >= 0.3 is 0 Å². The topological polar surface area (TPSA) is 305 Å². The second-order valence-corrected chi connectivity index (χ2v) is 29.1. The van der Waals surface area contributed by atoms with Crippen LogP contribution >= 0.6 is 0 Å². The smallest absolute Gasteiger partial charge is 0.298 e. The summed E-state index contributed by atoms with van der Waals surface area (Å²) < 4.78 is 136. The predicted octanol–water partition coefficient (Wildman–Crippen LogP) is 15.1. The number of aromatic nitrogens is 12. The molecule has 9 aromatic heterocycles. The van der Waals surface area contributed by atoms with Crippen molar-refractivity contribution in [3.63, 3.8) is 0 Å². The van der Waals surface area contributed by atoms with E-state index in [1.807, 2.05) is 25.2 Å². The molecule has 3 aromatic carbocycles. The van der Waals surface area contributed by atoms with Crippen LogP contribution in [-0.4, -0.2) is 167 Å². The Morgan fingerprint density at radius 3 is 1.13 bits per heavy atom. The van der Waals surface area contributed by atoms with Crippen LogP contribution in [0.2, 0.25) is 0 Å². The van der Waals surface area contributed by atoms with Gasteiger partial charge in [0, 0.05) is 146 Å². The highest BCUT2D eigenvalue weighted by Gasteiger charge is 2.37. The molecule has 638 valence electrons. The van der Waals surface area contributed by atoms with Crippen molar-refractivity contribution in [2.45, 2.75) is 110 Å². The predicted molar refractivity (Wildman–Crippen MR) is 443 cm³/mol. The van der Waals surface area contributed by atoms with Crippen molar-refractivity contribution >= 4 is 69.4 Å². The number of halogens is 8. The van der Waals surface area contributed by atoms with Gasteiger partial charge in [-0.3, -0.25) is 56.9 Å². The zero-order chi connectivity index (χ0) is 88.5. The molecule has 3 aliphatic rings. The standard InChI is InChI=1S/C30H27F3N6O3.C30H28F2N6O3.C29H27F3N6O3/c1-4-6-25(40)38-12-10-19(17-38)28-37-27(23-15-34-16-26(39(23)28)42-5-2)21-8-7-18(13-22(21)31)29(41)36-24-14-20(9-11-35-24)30(3,32)33;1-4-6-25(39)37-14-12-21(18-37)28-36-27(23-16-33-17-26(38(23)28)41-5-2)19-7-9-20(10-8-19)29(40)35-24-15-22(11-13-34-24)30(3,31)32;1-4-24(39)37-11-9-18(16-37)27-36-26(22-14-33-15-25(38(22)27)41-5-2)20-7-6-17(12-21(20)30)28(40)35-23-13-19(8-10-34-23)29(3,31)32/h7-9,11,13-16,19H,5,10,12,17H2,1-3H3,(H,35,36,41);7-11,13,15-17,21H,5,12,14,18H2,1-3H3,(H,34,35,40);4,6-8,10,12-15,18H,1,5,9,11,16H2,2-3H3,(H,34,35,40)/t19-;21-;18-/m111/s1. The SMILES string of the molecule is C=CC(=O)N1CC[C@@H](c2nc(-c3ccc(C(=O)Nc4cc(C(C)(F)F)ccn4)cc3F)c3cncc(OCC)n23)C1.CC#CC(=O)N1CC[C@@H](c2nc(-c3ccc(C(=O)Nc4cc(C(C)(F)F)ccn4)cc3)c3cncc(OCC)n23)C1.CC#CC(=O)N1CC[C@@H](c2nc(-c3ccc(C(=O)Nc4cc(C(C)(F)F)ccn4)cc3F)c3cncc(OCC)n23)C1. The summed E-state index contributed by atoms with van der Waals surface area (Å²) in [4.78, 5) is 120. The third kappa shape index (κ3) is 19.3. The van der Waals surface area contributed by atoms with E-state index in [1.165, 1.54) is 42.6 Å². The lowest BCUT2D eigenvalue weighted by Gasteiger charge is -2.14. The van der Waals surface area contributed by atoms with E-state index in [0.717, 1.165) is 99.0 Å². The second-order valence-electron chi connectivity index (χ2n) is 29.1. The quantitative estimate of drug-likeness (QED) is 0.0322. The van der Waals surface area contributed by atoms with Crippen LogP contribution in [0.15, 0.2) is 165 Å². The van der Waals surface area contributed by atoms with E-state index >= 15 is 8.78 Å². The number of amides is 6. The molecule has 15 rings (SSSR count). The van der Waals surface area contributed by atoms with Gasteiger partial charge < -0.3 is 44.9 Å². The van der Waals surface area contributed by atoms with Gasteiger partial charge in [0.05, 0.1) is 79.2 Å². The second kappa shape index (κ2) is 37.2. The van der Waals surface area contributed by atoms with Gasteiger partial charge in [-0.25, -0.2) is 65.0 Å². The van der Waals surface area contributed by atoms with Crippen molar-refractivity contribution in [2.24, 2.45) is 0 Å². The van der Waals surface area contributed by atoms with Gasteiger partial charge in [0.25, 0.3) is 47.3 Å². The number of likely N-dealkylation sites (tertiary alicyclic amines) is 3. The van der Waals surface area contributed by atoms with Crippen LogP contribution in [0.3, 0.4) is 0 Å². The number of anilines is 3. The molecule has 35 heteroatoms. The van der Waals surface area contributed by atoms with Crippen LogP contribution in [0.1, 0.15) is 158 Å². The third-order valence-corrected chi connectivity index (χ3v) is 20.6. The van der Waals surface area contributed by atoms with E-state index in [2.05, 4.69) is 76.1 Å². The number of carbonyl (C=O) groups excluding carboxylic acids is 6. The first-order chi connectivity index (χ1) is 59.4. The summed E-state index contributed by atoms with van der Waals surface area (Å²) in [7, 11) is 0. The molecule has 3 saturated heterocycles. The Morgan fingerprint density at radius 2 is 0.790 bits per heavy atom.